The van der Waals surface area contributed by atoms with Crippen molar-refractivity contribution in [2.45, 2.75) is 20.0 Å². The van der Waals surface area contributed by atoms with E-state index < -0.39 is 0 Å². The van der Waals surface area contributed by atoms with Crippen molar-refractivity contribution in [1.82, 2.24) is 4.98 Å². The molecule has 19 heavy (non-hydrogen) atoms. The number of ether oxygens (including phenoxy) is 1. The van der Waals surface area contributed by atoms with Crippen LogP contribution < -0.4 is 0 Å². The van der Waals surface area contributed by atoms with E-state index in [9.17, 15) is 4.79 Å². The molecule has 0 fully saturated rings. The van der Waals surface area contributed by atoms with E-state index in [1.807, 2.05) is 24.3 Å². The number of carbonyl (C=O) groups is 1. The molecule has 1 aromatic heterocycles. The fraction of sp³-hybridized carbons (Fsp3) is 0.286. The van der Waals surface area contributed by atoms with E-state index in [4.69, 9.17) is 16.3 Å². The molecule has 0 unspecified atom stereocenters. The minimum atomic E-state index is 0.0295. The van der Waals surface area contributed by atoms with Crippen LogP contribution >= 0.6 is 22.9 Å². The van der Waals surface area contributed by atoms with Crippen LogP contribution in [0, 0.1) is 0 Å². The summed E-state index contributed by atoms with van der Waals surface area (Å²) in [7, 11) is 1.60. The van der Waals surface area contributed by atoms with Crippen LogP contribution in [-0.4, -0.2) is 17.9 Å². The van der Waals surface area contributed by atoms with Crippen molar-refractivity contribution >= 4 is 28.7 Å². The number of thiazole rings is 1. The quantitative estimate of drug-likeness (QED) is 0.789. The smallest absolute Gasteiger partial charge is 0.171 e. The first-order valence-electron chi connectivity index (χ1n) is 5.83. The lowest BCUT2D eigenvalue weighted by Crippen LogP contribution is -1.97. The summed E-state index contributed by atoms with van der Waals surface area (Å²) in [5, 5.41) is 1.61. The molecule has 0 bridgehead atoms. The van der Waals surface area contributed by atoms with E-state index >= 15 is 0 Å². The lowest BCUT2D eigenvalue weighted by molar-refractivity contribution is 0.101. The van der Waals surface area contributed by atoms with Crippen molar-refractivity contribution in [3.8, 4) is 0 Å². The molecule has 0 aliphatic heterocycles. The highest BCUT2D eigenvalue weighted by atomic mass is 35.5. The largest absolute Gasteiger partial charge is 0.378 e. The number of rotatable bonds is 5. The SMILES string of the molecule is COCc1nc(Cc2cccc(Cl)c2)sc1C(C)=O. The van der Waals surface area contributed by atoms with Gasteiger partial charge in [0.2, 0.25) is 0 Å². The van der Waals surface area contributed by atoms with Gasteiger partial charge in [0.25, 0.3) is 0 Å². The van der Waals surface area contributed by atoms with Crippen LogP contribution in [0.5, 0.6) is 0 Å². The summed E-state index contributed by atoms with van der Waals surface area (Å²) in [6.07, 6.45) is 0.676. The van der Waals surface area contributed by atoms with Crippen molar-refractivity contribution in [1.29, 1.82) is 0 Å². The normalized spacial score (nSPS) is 10.7. The molecule has 0 atom stereocenters. The topological polar surface area (TPSA) is 39.2 Å². The molecule has 5 heteroatoms. The Kier molecular flexibility index (Phi) is 4.69. The zero-order valence-corrected chi connectivity index (χ0v) is 12.3. The zero-order valence-electron chi connectivity index (χ0n) is 10.8. The van der Waals surface area contributed by atoms with Gasteiger partial charge in [0.1, 0.15) is 0 Å². The van der Waals surface area contributed by atoms with Crippen molar-refractivity contribution in [2.75, 3.05) is 7.11 Å². The highest BCUT2D eigenvalue weighted by molar-refractivity contribution is 7.13. The van der Waals surface area contributed by atoms with E-state index in [1.165, 1.54) is 11.3 Å². The van der Waals surface area contributed by atoms with Gasteiger partial charge in [0, 0.05) is 25.5 Å². The summed E-state index contributed by atoms with van der Waals surface area (Å²) in [6, 6.07) is 7.65. The molecule has 1 aromatic carbocycles. The number of methoxy groups -OCH3 is 1. The number of hydrogen-bond donors (Lipinski definition) is 0. The fourth-order valence-corrected chi connectivity index (χ4v) is 3.02. The molecular weight excluding hydrogens is 282 g/mol. The summed E-state index contributed by atoms with van der Waals surface area (Å²) >= 11 is 7.38. The third kappa shape index (κ3) is 3.62. The number of hydrogen-bond acceptors (Lipinski definition) is 4. The van der Waals surface area contributed by atoms with Crippen molar-refractivity contribution < 1.29 is 9.53 Å². The molecule has 1 heterocycles. The Morgan fingerprint density at radius 2 is 2.26 bits per heavy atom. The molecule has 0 saturated heterocycles. The Balaban J connectivity index is 2.25. The first kappa shape index (κ1) is 14.2. The number of Topliss-reactive ketones (excluding diaryl/α,β-unsaturated/α-hetero) is 1. The highest BCUT2D eigenvalue weighted by Crippen LogP contribution is 2.23. The van der Waals surface area contributed by atoms with Gasteiger partial charge in [-0.1, -0.05) is 23.7 Å². The Hall–Kier alpha value is -1.23. The Bertz CT molecular complexity index is 595. The van der Waals surface area contributed by atoms with Gasteiger partial charge in [-0.25, -0.2) is 4.98 Å². The van der Waals surface area contributed by atoms with Crippen LogP contribution in [0.4, 0.5) is 0 Å². The van der Waals surface area contributed by atoms with Crippen LogP contribution in [0.15, 0.2) is 24.3 Å². The first-order chi connectivity index (χ1) is 9.10. The van der Waals surface area contributed by atoms with Gasteiger partial charge in [0.05, 0.1) is 22.2 Å². The average molecular weight is 296 g/mol. The van der Waals surface area contributed by atoms with E-state index in [-0.39, 0.29) is 5.78 Å². The molecule has 0 spiro atoms. The molecule has 2 rings (SSSR count). The second-order valence-corrected chi connectivity index (χ2v) is 5.70. The molecule has 3 nitrogen and oxygen atoms in total. The molecular formula is C14H14ClNO2S. The number of carbonyl (C=O) groups excluding carboxylic acids is 1. The van der Waals surface area contributed by atoms with Crippen LogP contribution in [0.25, 0.3) is 0 Å². The van der Waals surface area contributed by atoms with Crippen molar-refractivity contribution in [3.63, 3.8) is 0 Å². The highest BCUT2D eigenvalue weighted by Gasteiger charge is 2.15. The Morgan fingerprint density at radius 1 is 1.47 bits per heavy atom. The Labute approximate surface area is 121 Å². The molecule has 0 amide bonds. The van der Waals surface area contributed by atoms with Gasteiger partial charge < -0.3 is 4.74 Å². The standard InChI is InChI=1S/C14H14ClNO2S/c1-9(17)14-12(8-18-2)16-13(19-14)7-10-4-3-5-11(15)6-10/h3-6H,7-8H2,1-2H3. The molecule has 0 radical (unpaired) electrons. The maximum atomic E-state index is 11.6. The molecule has 2 aromatic rings. The van der Waals surface area contributed by atoms with Crippen LogP contribution in [-0.2, 0) is 17.8 Å². The van der Waals surface area contributed by atoms with Gasteiger partial charge in [0.15, 0.2) is 5.78 Å². The number of ketones is 1. The molecule has 0 saturated carbocycles. The molecule has 100 valence electrons. The number of benzene rings is 1. The second-order valence-electron chi connectivity index (χ2n) is 4.18. The number of aromatic nitrogens is 1. The molecule has 0 N–H and O–H groups in total. The lowest BCUT2D eigenvalue weighted by Gasteiger charge is -1.98. The molecule has 0 aliphatic carbocycles. The van der Waals surface area contributed by atoms with E-state index in [0.717, 1.165) is 16.3 Å². The summed E-state index contributed by atoms with van der Waals surface area (Å²) in [6.45, 7) is 1.91. The van der Waals surface area contributed by atoms with E-state index in [2.05, 4.69) is 4.98 Å². The first-order valence-corrected chi connectivity index (χ1v) is 7.02. The predicted octanol–water partition coefficient (Wildman–Crippen LogP) is 3.74. The third-order valence-electron chi connectivity index (χ3n) is 2.59. The third-order valence-corrected chi connectivity index (χ3v) is 4.02. The second kappa shape index (κ2) is 6.28. The predicted molar refractivity (Wildman–Crippen MR) is 77.1 cm³/mol. The summed E-state index contributed by atoms with van der Waals surface area (Å²) in [5.41, 5.74) is 1.80. The van der Waals surface area contributed by atoms with E-state index in [1.54, 1.807) is 14.0 Å². The average Bonchev–Trinajstić information content (AvgIpc) is 2.73. The minimum absolute atomic E-state index is 0.0295. The Morgan fingerprint density at radius 3 is 2.89 bits per heavy atom. The van der Waals surface area contributed by atoms with Crippen molar-refractivity contribution in [2.24, 2.45) is 0 Å². The van der Waals surface area contributed by atoms with Gasteiger partial charge >= 0.3 is 0 Å². The summed E-state index contributed by atoms with van der Waals surface area (Å²) in [5.74, 6) is 0.0295. The molecule has 0 aliphatic rings. The van der Waals surface area contributed by atoms with Crippen LogP contribution in [0.3, 0.4) is 0 Å². The van der Waals surface area contributed by atoms with E-state index in [0.29, 0.717) is 22.9 Å². The van der Waals surface area contributed by atoms with Crippen LogP contribution in [0.1, 0.15) is 32.9 Å². The lowest BCUT2D eigenvalue weighted by atomic mass is 10.2. The summed E-state index contributed by atoms with van der Waals surface area (Å²) < 4.78 is 5.07. The number of halogens is 1. The number of nitrogens with zero attached hydrogens (tertiary/aromatic N) is 1. The maximum absolute atomic E-state index is 11.6. The monoisotopic (exact) mass is 295 g/mol. The van der Waals surface area contributed by atoms with Gasteiger partial charge in [-0.2, -0.15) is 0 Å². The van der Waals surface area contributed by atoms with Gasteiger partial charge in [-0.3, -0.25) is 4.79 Å². The maximum Gasteiger partial charge on any atom is 0.171 e. The zero-order chi connectivity index (χ0) is 13.8. The van der Waals surface area contributed by atoms with Crippen LogP contribution in [0.2, 0.25) is 5.02 Å². The van der Waals surface area contributed by atoms with Gasteiger partial charge in [-0.15, -0.1) is 11.3 Å². The van der Waals surface area contributed by atoms with Crippen molar-refractivity contribution in [3.05, 3.63) is 50.4 Å². The van der Waals surface area contributed by atoms with Gasteiger partial charge in [-0.05, 0) is 17.7 Å². The summed E-state index contributed by atoms with van der Waals surface area (Å²) in [4.78, 5) is 16.7. The fourth-order valence-electron chi connectivity index (χ4n) is 1.81. The minimum Gasteiger partial charge on any atom is -0.378 e.